The van der Waals surface area contributed by atoms with Crippen molar-refractivity contribution in [2.45, 2.75) is 51.7 Å². The number of likely N-dealkylation sites (tertiary alicyclic amines) is 1. The van der Waals surface area contributed by atoms with Crippen molar-refractivity contribution >= 4 is 52.7 Å². The molecule has 1 atom stereocenters. The van der Waals surface area contributed by atoms with Gasteiger partial charge in [0.25, 0.3) is 5.91 Å². The molecule has 2 aliphatic heterocycles. The number of amides is 2. The molecule has 1 saturated heterocycles. The lowest BCUT2D eigenvalue weighted by Crippen LogP contribution is -2.53. The van der Waals surface area contributed by atoms with Gasteiger partial charge in [0.05, 0.1) is 5.56 Å². The van der Waals surface area contributed by atoms with E-state index in [1.165, 1.54) is 6.34 Å². The predicted molar refractivity (Wildman–Crippen MR) is 146 cm³/mol. The number of hydrazine groups is 2. The molecule has 2 amide bonds. The number of thiophene rings is 1. The summed E-state index contributed by atoms with van der Waals surface area (Å²) in [5.74, 6) is -0.191. The number of carbonyl (C=O) groups is 2. The van der Waals surface area contributed by atoms with Crippen LogP contribution in [0.5, 0.6) is 0 Å². The number of carbonyl (C=O) groups excluding carboxylic acids is 2. The minimum absolute atomic E-state index is 0.0524. The second-order valence-electron chi connectivity index (χ2n) is 9.32. The van der Waals surface area contributed by atoms with Crippen molar-refractivity contribution in [3.05, 3.63) is 49.9 Å². The number of piperidine rings is 1. The molecule has 0 saturated carbocycles. The number of pyridine rings is 1. The first-order valence-corrected chi connectivity index (χ1v) is 14.0. The van der Waals surface area contributed by atoms with E-state index in [2.05, 4.69) is 49.6 Å². The molecular formula is C24H32Cl2N8O2S. The lowest BCUT2D eigenvalue weighted by atomic mass is 10.00. The number of hydrazone groups is 1. The third-order valence-corrected chi connectivity index (χ3v) is 7.98. The molecule has 0 unspecified atom stereocenters. The van der Waals surface area contributed by atoms with Gasteiger partial charge < -0.3 is 15.1 Å². The zero-order valence-electron chi connectivity index (χ0n) is 20.9. The summed E-state index contributed by atoms with van der Waals surface area (Å²) in [5.41, 5.74) is 7.87. The lowest BCUT2D eigenvalue weighted by molar-refractivity contribution is -0.137. The SMILES string of the molecule is Cc1cc(Cl)nc(Cl)c1C(=O)NCC[C@@H](C)N1CCC(N(Cc2ccsc2)C(=O)CN2NC=NN2)CC1. The predicted octanol–water partition coefficient (Wildman–Crippen LogP) is 3.03. The van der Waals surface area contributed by atoms with E-state index in [0.29, 0.717) is 24.2 Å². The molecule has 37 heavy (non-hydrogen) atoms. The maximum absolute atomic E-state index is 13.2. The molecular weight excluding hydrogens is 535 g/mol. The Balaban J connectivity index is 1.27. The van der Waals surface area contributed by atoms with E-state index in [1.807, 2.05) is 10.3 Å². The standard InChI is InChI=1S/C24H32Cl2N8O2S/c1-16-11-20(25)30-23(26)22(16)24(36)27-7-3-17(2)32-8-4-19(5-9-32)33(12-18-6-10-37-14-18)21(35)13-34-29-15-28-31-34/h6,10-11,14-15,17,19,31H,3-5,7-9,12-13H2,1-2H3,(H,27,36)(H,28,29)/t17-/m1/s1. The summed E-state index contributed by atoms with van der Waals surface area (Å²) in [4.78, 5) is 34.2. The Hall–Kier alpha value is -2.44. The van der Waals surface area contributed by atoms with Gasteiger partial charge >= 0.3 is 0 Å². The molecule has 0 spiro atoms. The maximum Gasteiger partial charge on any atom is 0.254 e. The van der Waals surface area contributed by atoms with Crippen molar-refractivity contribution in [2.24, 2.45) is 5.10 Å². The van der Waals surface area contributed by atoms with Crippen LogP contribution in [0.1, 0.15) is 47.7 Å². The van der Waals surface area contributed by atoms with Crippen LogP contribution >= 0.6 is 34.5 Å². The highest BCUT2D eigenvalue weighted by atomic mass is 35.5. The van der Waals surface area contributed by atoms with Crippen LogP contribution in [-0.2, 0) is 11.3 Å². The van der Waals surface area contributed by atoms with Crippen LogP contribution in [0.3, 0.4) is 0 Å². The summed E-state index contributed by atoms with van der Waals surface area (Å²) in [6.07, 6.45) is 4.11. The molecule has 1 fully saturated rings. The van der Waals surface area contributed by atoms with Crippen LogP contribution in [-0.4, -0.2) is 76.3 Å². The summed E-state index contributed by atoms with van der Waals surface area (Å²) in [7, 11) is 0. The minimum atomic E-state index is -0.243. The molecule has 0 aliphatic carbocycles. The third-order valence-electron chi connectivity index (χ3n) is 6.78. The molecule has 2 aromatic rings. The fourth-order valence-electron chi connectivity index (χ4n) is 4.71. The molecule has 0 bridgehead atoms. The van der Waals surface area contributed by atoms with Gasteiger partial charge in [-0.05, 0) is 67.1 Å². The summed E-state index contributed by atoms with van der Waals surface area (Å²) in [5, 5.41) is 12.9. The van der Waals surface area contributed by atoms with E-state index >= 15 is 0 Å². The van der Waals surface area contributed by atoms with Crippen LogP contribution in [0.4, 0.5) is 0 Å². The fourth-order valence-corrected chi connectivity index (χ4v) is 5.98. The Bertz CT molecular complexity index is 1080. The molecule has 4 heterocycles. The van der Waals surface area contributed by atoms with Crippen molar-refractivity contribution in [3.8, 4) is 0 Å². The summed E-state index contributed by atoms with van der Waals surface area (Å²) < 4.78 is 0. The summed E-state index contributed by atoms with van der Waals surface area (Å²) in [6, 6.07) is 4.16. The topological polar surface area (TPSA) is 105 Å². The number of aryl methyl sites for hydroxylation is 1. The first kappa shape index (κ1) is 27.6. The Morgan fingerprint density at radius 1 is 1.32 bits per heavy atom. The quantitative estimate of drug-likeness (QED) is 0.379. The van der Waals surface area contributed by atoms with Crippen molar-refractivity contribution in [2.75, 3.05) is 26.2 Å². The van der Waals surface area contributed by atoms with Crippen LogP contribution in [0.25, 0.3) is 0 Å². The lowest BCUT2D eigenvalue weighted by Gasteiger charge is -2.41. The van der Waals surface area contributed by atoms with E-state index in [0.717, 1.165) is 37.9 Å². The highest BCUT2D eigenvalue weighted by Gasteiger charge is 2.31. The second-order valence-corrected chi connectivity index (χ2v) is 10.8. The van der Waals surface area contributed by atoms with Gasteiger partial charge in [-0.15, -0.1) is 5.12 Å². The third kappa shape index (κ3) is 7.32. The number of hydrogen-bond acceptors (Lipinski definition) is 9. The monoisotopic (exact) mass is 566 g/mol. The van der Waals surface area contributed by atoms with Crippen molar-refractivity contribution in [3.63, 3.8) is 0 Å². The largest absolute Gasteiger partial charge is 0.352 e. The van der Waals surface area contributed by atoms with Gasteiger partial charge in [-0.3, -0.25) is 15.0 Å². The minimum Gasteiger partial charge on any atom is -0.352 e. The van der Waals surface area contributed by atoms with Gasteiger partial charge in [-0.1, -0.05) is 23.2 Å². The molecule has 3 N–H and O–H groups in total. The molecule has 2 aliphatic rings. The van der Waals surface area contributed by atoms with Crippen molar-refractivity contribution in [1.29, 1.82) is 0 Å². The van der Waals surface area contributed by atoms with Crippen molar-refractivity contribution in [1.82, 2.24) is 36.2 Å². The number of aromatic nitrogens is 1. The second kappa shape index (κ2) is 12.9. The number of nitrogens with one attached hydrogen (secondary N) is 3. The Morgan fingerprint density at radius 2 is 2.11 bits per heavy atom. The molecule has 13 heteroatoms. The van der Waals surface area contributed by atoms with Gasteiger partial charge in [0.15, 0.2) is 0 Å². The van der Waals surface area contributed by atoms with Gasteiger partial charge in [0, 0.05) is 38.3 Å². The Kier molecular flexibility index (Phi) is 9.60. The van der Waals surface area contributed by atoms with E-state index in [9.17, 15) is 9.59 Å². The Labute approximate surface area is 230 Å². The Morgan fingerprint density at radius 3 is 2.76 bits per heavy atom. The molecule has 0 aromatic carbocycles. The van der Waals surface area contributed by atoms with Crippen LogP contribution in [0.2, 0.25) is 10.3 Å². The van der Waals surface area contributed by atoms with E-state index in [1.54, 1.807) is 29.4 Å². The smallest absolute Gasteiger partial charge is 0.254 e. The summed E-state index contributed by atoms with van der Waals surface area (Å²) >= 11 is 13.7. The zero-order valence-corrected chi connectivity index (χ0v) is 23.2. The fraction of sp³-hybridized carbons (Fsp3) is 0.500. The number of halogens is 2. The average Bonchev–Trinajstić information content (AvgIpc) is 3.56. The zero-order chi connectivity index (χ0) is 26.4. The molecule has 0 radical (unpaired) electrons. The van der Waals surface area contributed by atoms with E-state index < -0.39 is 0 Å². The first-order chi connectivity index (χ1) is 17.8. The van der Waals surface area contributed by atoms with Crippen LogP contribution in [0.15, 0.2) is 28.0 Å². The highest BCUT2D eigenvalue weighted by molar-refractivity contribution is 7.07. The van der Waals surface area contributed by atoms with Gasteiger partial charge in [0.1, 0.15) is 23.2 Å². The maximum atomic E-state index is 13.2. The number of hydrogen-bond donors (Lipinski definition) is 3. The molecule has 2 aromatic heterocycles. The number of rotatable bonds is 10. The molecule has 200 valence electrons. The van der Waals surface area contributed by atoms with Crippen LogP contribution in [0, 0.1) is 6.92 Å². The van der Waals surface area contributed by atoms with Gasteiger partial charge in [-0.25, -0.2) is 10.5 Å². The highest BCUT2D eigenvalue weighted by Crippen LogP contribution is 2.23. The summed E-state index contributed by atoms with van der Waals surface area (Å²) in [6.45, 7) is 7.06. The van der Waals surface area contributed by atoms with Crippen molar-refractivity contribution < 1.29 is 9.59 Å². The van der Waals surface area contributed by atoms with E-state index in [-0.39, 0.29) is 40.7 Å². The number of nitrogens with zero attached hydrogens (tertiary/aromatic N) is 5. The normalized spacial score (nSPS) is 17.3. The molecule has 10 nitrogen and oxygen atoms in total. The van der Waals surface area contributed by atoms with E-state index in [4.69, 9.17) is 23.2 Å². The van der Waals surface area contributed by atoms with Gasteiger partial charge in [0.2, 0.25) is 5.91 Å². The molecule has 4 rings (SSSR count). The first-order valence-electron chi connectivity index (χ1n) is 12.3. The van der Waals surface area contributed by atoms with Crippen LogP contribution < -0.4 is 16.3 Å². The average molecular weight is 568 g/mol. The van der Waals surface area contributed by atoms with Gasteiger partial charge in [-0.2, -0.15) is 16.4 Å².